The Balaban J connectivity index is 3.56. The number of carbonyl (C=O) groups is 1. The molecular weight excluding hydrogens is 158 g/mol. The maximum atomic E-state index is 10.1. The largest absolute Gasteiger partial charge is 0.480 e. The van der Waals surface area contributed by atoms with Crippen molar-refractivity contribution in [1.29, 1.82) is 0 Å². The van der Waals surface area contributed by atoms with Gasteiger partial charge in [-0.25, -0.2) is 0 Å². The summed E-state index contributed by atoms with van der Waals surface area (Å²) in [7, 11) is 0. The summed E-state index contributed by atoms with van der Waals surface area (Å²) >= 11 is 5.20. The van der Waals surface area contributed by atoms with E-state index in [1.165, 1.54) is 0 Å². The molecule has 0 aliphatic carbocycles. The van der Waals surface area contributed by atoms with E-state index in [4.69, 9.17) is 27.5 Å². The van der Waals surface area contributed by atoms with Crippen molar-refractivity contribution >= 4 is 17.6 Å². The first-order valence-electron chi connectivity index (χ1n) is 2.80. The van der Waals surface area contributed by atoms with Crippen molar-refractivity contribution in [2.45, 2.75) is 18.6 Å². The lowest BCUT2D eigenvalue weighted by Crippen LogP contribution is -2.34. The summed E-state index contributed by atoms with van der Waals surface area (Å²) < 4.78 is 0. The molecule has 60 valence electrons. The van der Waals surface area contributed by atoms with Crippen LogP contribution in [0, 0.1) is 0 Å². The van der Waals surface area contributed by atoms with Crippen LogP contribution in [0.15, 0.2) is 0 Å². The Kier molecular flexibility index (Phi) is 4.34. The molecule has 0 aromatic carbocycles. The van der Waals surface area contributed by atoms with Gasteiger partial charge in [0.1, 0.15) is 6.04 Å². The molecule has 0 aromatic heterocycles. The van der Waals surface area contributed by atoms with Gasteiger partial charge in [0.2, 0.25) is 0 Å². The summed E-state index contributed by atoms with van der Waals surface area (Å²) in [6.45, 7) is 0. The summed E-state index contributed by atoms with van der Waals surface area (Å²) in [6.07, 6.45) is -0.827. The van der Waals surface area contributed by atoms with Crippen LogP contribution in [0.1, 0.15) is 6.42 Å². The minimum Gasteiger partial charge on any atom is -0.480 e. The van der Waals surface area contributed by atoms with Crippen LogP contribution < -0.4 is 5.73 Å². The molecule has 0 saturated heterocycles. The Labute approximate surface area is 63.6 Å². The van der Waals surface area contributed by atoms with Crippen LogP contribution in [-0.4, -0.2) is 34.2 Å². The van der Waals surface area contributed by atoms with E-state index < -0.39 is 18.1 Å². The van der Waals surface area contributed by atoms with Crippen LogP contribution in [0.4, 0.5) is 0 Å². The summed E-state index contributed by atoms with van der Waals surface area (Å²) in [6, 6.07) is -1.02. The van der Waals surface area contributed by atoms with Crippen molar-refractivity contribution < 1.29 is 15.0 Å². The number of carboxylic acids is 1. The van der Waals surface area contributed by atoms with E-state index in [2.05, 4.69) is 0 Å². The third kappa shape index (κ3) is 3.66. The van der Waals surface area contributed by atoms with Gasteiger partial charge in [-0.2, -0.15) is 0 Å². The van der Waals surface area contributed by atoms with Gasteiger partial charge in [0.25, 0.3) is 0 Å². The first-order chi connectivity index (χ1) is 4.57. The Morgan fingerprint density at radius 1 is 1.70 bits per heavy atom. The second-order valence-electron chi connectivity index (χ2n) is 1.99. The number of hydrogen-bond donors (Lipinski definition) is 3. The molecule has 2 atom stereocenters. The molecule has 0 radical (unpaired) electrons. The maximum absolute atomic E-state index is 10.1. The first kappa shape index (κ1) is 9.68. The normalized spacial score (nSPS) is 16.3. The summed E-state index contributed by atoms with van der Waals surface area (Å²) in [5, 5.41) is 17.0. The SMILES string of the molecule is N[C@@H](C[C@H](O)CCl)C(=O)O. The lowest BCUT2D eigenvalue weighted by molar-refractivity contribution is -0.139. The molecule has 0 unspecified atom stereocenters. The summed E-state index contributed by atoms with van der Waals surface area (Å²) in [5.74, 6) is -1.11. The average molecular weight is 168 g/mol. The van der Waals surface area contributed by atoms with Crippen LogP contribution >= 0.6 is 11.6 Å². The predicted octanol–water partition coefficient (Wildman–Crippen LogP) is -0.612. The third-order valence-corrected chi connectivity index (χ3v) is 1.38. The molecule has 4 N–H and O–H groups in total. The topological polar surface area (TPSA) is 83.5 Å². The lowest BCUT2D eigenvalue weighted by atomic mass is 10.1. The molecule has 0 amide bonds. The van der Waals surface area contributed by atoms with Crippen molar-refractivity contribution in [3.8, 4) is 0 Å². The van der Waals surface area contributed by atoms with Gasteiger partial charge in [0.15, 0.2) is 0 Å². The number of halogens is 1. The van der Waals surface area contributed by atoms with Crippen LogP contribution in [0.5, 0.6) is 0 Å². The lowest BCUT2D eigenvalue weighted by Gasteiger charge is -2.09. The van der Waals surface area contributed by atoms with Crippen LogP contribution in [-0.2, 0) is 4.79 Å². The molecule has 0 aliphatic heterocycles. The second-order valence-corrected chi connectivity index (χ2v) is 2.30. The molecule has 4 nitrogen and oxygen atoms in total. The Hall–Kier alpha value is -0.320. The van der Waals surface area contributed by atoms with Crippen LogP contribution in [0.25, 0.3) is 0 Å². The highest BCUT2D eigenvalue weighted by Gasteiger charge is 2.15. The molecule has 10 heavy (non-hydrogen) atoms. The average Bonchev–Trinajstić information content (AvgIpc) is 1.87. The Morgan fingerprint density at radius 3 is 2.50 bits per heavy atom. The fourth-order valence-electron chi connectivity index (χ4n) is 0.457. The van der Waals surface area contributed by atoms with E-state index in [-0.39, 0.29) is 12.3 Å². The number of aliphatic carboxylic acids is 1. The van der Waals surface area contributed by atoms with Gasteiger partial charge in [0.05, 0.1) is 6.10 Å². The molecule has 0 saturated carbocycles. The number of carboxylic acid groups (broad SMARTS) is 1. The minimum absolute atomic E-state index is 0.00116. The second kappa shape index (κ2) is 4.49. The Morgan fingerprint density at radius 2 is 2.20 bits per heavy atom. The highest BCUT2D eigenvalue weighted by Crippen LogP contribution is 1.97. The number of rotatable bonds is 4. The van der Waals surface area contributed by atoms with Gasteiger partial charge in [-0.05, 0) is 0 Å². The molecule has 0 spiro atoms. The summed E-state index contributed by atoms with van der Waals surface area (Å²) in [4.78, 5) is 10.1. The Bertz CT molecular complexity index is 119. The van der Waals surface area contributed by atoms with Gasteiger partial charge in [-0.3, -0.25) is 4.79 Å². The zero-order valence-electron chi connectivity index (χ0n) is 5.33. The fraction of sp³-hybridized carbons (Fsp3) is 0.800. The molecule has 0 bridgehead atoms. The quantitative estimate of drug-likeness (QED) is 0.488. The smallest absolute Gasteiger partial charge is 0.320 e. The molecule has 0 heterocycles. The molecule has 0 aliphatic rings. The molecule has 5 heteroatoms. The number of aliphatic hydroxyl groups is 1. The molecule has 0 fully saturated rings. The monoisotopic (exact) mass is 167 g/mol. The predicted molar refractivity (Wildman–Crippen MR) is 37.0 cm³/mol. The van der Waals surface area contributed by atoms with Gasteiger partial charge in [-0.1, -0.05) is 0 Å². The highest BCUT2D eigenvalue weighted by molar-refractivity contribution is 6.18. The first-order valence-corrected chi connectivity index (χ1v) is 3.33. The van der Waals surface area contributed by atoms with Gasteiger partial charge >= 0.3 is 5.97 Å². The zero-order valence-corrected chi connectivity index (χ0v) is 6.08. The van der Waals surface area contributed by atoms with E-state index in [0.717, 1.165) is 0 Å². The van der Waals surface area contributed by atoms with Crippen molar-refractivity contribution in [2.24, 2.45) is 5.73 Å². The van der Waals surface area contributed by atoms with Crippen molar-refractivity contribution in [2.75, 3.05) is 5.88 Å². The van der Waals surface area contributed by atoms with Gasteiger partial charge in [0, 0.05) is 12.3 Å². The van der Waals surface area contributed by atoms with E-state index in [1.54, 1.807) is 0 Å². The standard InChI is InChI=1S/C5H10ClNO3/c6-2-3(8)1-4(7)5(9)10/h3-4,8H,1-2,7H2,(H,9,10)/t3-,4-/m0/s1. The number of hydrogen-bond acceptors (Lipinski definition) is 3. The number of alkyl halides is 1. The van der Waals surface area contributed by atoms with Crippen molar-refractivity contribution in [3.05, 3.63) is 0 Å². The third-order valence-electron chi connectivity index (χ3n) is 1.02. The zero-order chi connectivity index (χ0) is 8.15. The molecule has 0 aromatic rings. The van der Waals surface area contributed by atoms with E-state index in [9.17, 15) is 4.79 Å². The fourth-order valence-corrected chi connectivity index (χ4v) is 0.583. The van der Waals surface area contributed by atoms with Crippen LogP contribution in [0.3, 0.4) is 0 Å². The number of nitrogens with two attached hydrogens (primary N) is 1. The minimum atomic E-state index is -1.12. The van der Waals surface area contributed by atoms with Crippen LogP contribution in [0.2, 0.25) is 0 Å². The van der Waals surface area contributed by atoms with Crippen molar-refractivity contribution in [3.63, 3.8) is 0 Å². The highest BCUT2D eigenvalue weighted by atomic mass is 35.5. The van der Waals surface area contributed by atoms with E-state index >= 15 is 0 Å². The molecule has 0 rings (SSSR count). The molecular formula is C5H10ClNO3. The van der Waals surface area contributed by atoms with Gasteiger partial charge < -0.3 is 15.9 Å². The van der Waals surface area contributed by atoms with E-state index in [0.29, 0.717) is 0 Å². The van der Waals surface area contributed by atoms with Crippen molar-refractivity contribution in [1.82, 2.24) is 0 Å². The number of aliphatic hydroxyl groups excluding tert-OH is 1. The maximum Gasteiger partial charge on any atom is 0.320 e. The summed E-state index contributed by atoms with van der Waals surface area (Å²) in [5.41, 5.74) is 5.07. The van der Waals surface area contributed by atoms with E-state index in [1.807, 2.05) is 0 Å². The van der Waals surface area contributed by atoms with Gasteiger partial charge in [-0.15, -0.1) is 11.6 Å².